The van der Waals surface area contributed by atoms with Crippen molar-refractivity contribution in [3.8, 4) is 0 Å². The third-order valence-corrected chi connectivity index (χ3v) is 4.81. The molecule has 1 fully saturated rings. The Bertz CT molecular complexity index is 502. The summed E-state index contributed by atoms with van der Waals surface area (Å²) in [6, 6.07) is 9.73. The third kappa shape index (κ3) is 6.58. The zero-order valence-corrected chi connectivity index (χ0v) is 18.3. The number of hydrogen-bond acceptors (Lipinski definition) is 2. The van der Waals surface area contributed by atoms with Gasteiger partial charge in [-0.15, -0.1) is 24.0 Å². The van der Waals surface area contributed by atoms with Gasteiger partial charge in [-0.2, -0.15) is 0 Å². The molecule has 0 bridgehead atoms. The van der Waals surface area contributed by atoms with Gasteiger partial charge in [-0.1, -0.05) is 28.1 Å². The fourth-order valence-electron chi connectivity index (χ4n) is 2.55. The molecular formula is C17H28BrIN4. The number of halogens is 2. The smallest absolute Gasteiger partial charge is 0.193 e. The van der Waals surface area contributed by atoms with Gasteiger partial charge < -0.3 is 10.2 Å². The van der Waals surface area contributed by atoms with Gasteiger partial charge >= 0.3 is 0 Å². The lowest BCUT2D eigenvalue weighted by atomic mass is 10.2. The molecule has 0 saturated heterocycles. The van der Waals surface area contributed by atoms with Crippen LogP contribution < -0.4 is 5.32 Å². The summed E-state index contributed by atoms with van der Waals surface area (Å²) in [6.45, 7) is 4.04. The van der Waals surface area contributed by atoms with Crippen LogP contribution in [0.15, 0.2) is 33.7 Å². The normalized spacial score (nSPS) is 16.0. The van der Waals surface area contributed by atoms with Crippen molar-refractivity contribution in [2.24, 2.45) is 4.99 Å². The quantitative estimate of drug-likeness (QED) is 0.372. The minimum atomic E-state index is 0. The summed E-state index contributed by atoms with van der Waals surface area (Å²) in [5.41, 5.74) is 1.27. The molecular weight excluding hydrogens is 467 g/mol. The van der Waals surface area contributed by atoms with E-state index in [-0.39, 0.29) is 24.0 Å². The first-order chi connectivity index (χ1) is 10.5. The average molecular weight is 495 g/mol. The van der Waals surface area contributed by atoms with Crippen LogP contribution in [0.1, 0.15) is 25.3 Å². The van der Waals surface area contributed by atoms with Crippen molar-refractivity contribution in [2.75, 3.05) is 27.7 Å². The van der Waals surface area contributed by atoms with Crippen molar-refractivity contribution in [3.63, 3.8) is 0 Å². The molecule has 1 N–H and O–H groups in total. The lowest BCUT2D eigenvalue weighted by molar-refractivity contribution is 0.246. The molecule has 2 rings (SSSR count). The van der Waals surface area contributed by atoms with E-state index in [2.05, 4.69) is 81.3 Å². The molecule has 1 aliphatic rings. The molecule has 0 radical (unpaired) electrons. The van der Waals surface area contributed by atoms with Gasteiger partial charge in [0.1, 0.15) is 0 Å². The number of likely N-dealkylation sites (N-methyl/N-ethyl adjacent to an activating group) is 1. The Morgan fingerprint density at radius 2 is 1.91 bits per heavy atom. The molecule has 1 aromatic rings. The van der Waals surface area contributed by atoms with Gasteiger partial charge in [0, 0.05) is 43.7 Å². The van der Waals surface area contributed by atoms with Crippen LogP contribution in [-0.2, 0) is 6.54 Å². The van der Waals surface area contributed by atoms with Crippen LogP contribution in [0.25, 0.3) is 0 Å². The van der Waals surface area contributed by atoms with Crippen LogP contribution in [0.3, 0.4) is 0 Å². The van der Waals surface area contributed by atoms with Crippen molar-refractivity contribution < 1.29 is 0 Å². The molecule has 1 unspecified atom stereocenters. The van der Waals surface area contributed by atoms with Gasteiger partial charge in [0.25, 0.3) is 0 Å². The molecule has 1 aromatic carbocycles. The molecule has 4 nitrogen and oxygen atoms in total. The minimum absolute atomic E-state index is 0. The maximum absolute atomic E-state index is 4.40. The Morgan fingerprint density at radius 3 is 2.43 bits per heavy atom. The Hall–Kier alpha value is -0.340. The SMILES string of the molecule is CN=C(NCC(C)N(C)C1CC1)N(C)Cc1ccc(Br)cc1.I. The van der Waals surface area contributed by atoms with Gasteiger partial charge in [0.05, 0.1) is 0 Å². The summed E-state index contributed by atoms with van der Waals surface area (Å²) in [6.07, 6.45) is 2.69. The highest BCUT2D eigenvalue weighted by molar-refractivity contribution is 14.0. The molecule has 0 aromatic heterocycles. The van der Waals surface area contributed by atoms with E-state index in [0.717, 1.165) is 29.6 Å². The first kappa shape index (κ1) is 20.7. The van der Waals surface area contributed by atoms with Crippen LogP contribution >= 0.6 is 39.9 Å². The van der Waals surface area contributed by atoms with Gasteiger partial charge in [-0.05, 0) is 44.5 Å². The second kappa shape index (κ2) is 9.84. The van der Waals surface area contributed by atoms with Crippen molar-refractivity contribution in [2.45, 2.75) is 38.4 Å². The summed E-state index contributed by atoms with van der Waals surface area (Å²) >= 11 is 3.47. The molecule has 1 atom stereocenters. The standard InChI is InChI=1S/C17H27BrN4.HI/c1-13(22(4)16-9-10-16)11-20-17(19-2)21(3)12-14-5-7-15(18)8-6-14;/h5-8,13,16H,9-12H2,1-4H3,(H,19,20);1H. The number of benzene rings is 1. The molecule has 0 spiro atoms. The first-order valence-electron chi connectivity index (χ1n) is 7.89. The van der Waals surface area contributed by atoms with E-state index in [1.165, 1.54) is 18.4 Å². The summed E-state index contributed by atoms with van der Waals surface area (Å²) in [5.74, 6) is 0.943. The van der Waals surface area contributed by atoms with E-state index in [0.29, 0.717) is 6.04 Å². The highest BCUT2D eigenvalue weighted by Crippen LogP contribution is 2.26. The Labute approximate surface area is 165 Å². The summed E-state index contributed by atoms with van der Waals surface area (Å²) < 4.78 is 1.11. The molecule has 6 heteroatoms. The van der Waals surface area contributed by atoms with Crippen LogP contribution in [-0.4, -0.2) is 55.5 Å². The number of hydrogen-bond donors (Lipinski definition) is 1. The molecule has 1 saturated carbocycles. The van der Waals surface area contributed by atoms with Crippen molar-refractivity contribution in [3.05, 3.63) is 34.3 Å². The molecule has 0 aliphatic heterocycles. The van der Waals surface area contributed by atoms with E-state index < -0.39 is 0 Å². The molecule has 0 heterocycles. The van der Waals surface area contributed by atoms with Gasteiger partial charge in [0.15, 0.2) is 5.96 Å². The van der Waals surface area contributed by atoms with Crippen LogP contribution in [0, 0.1) is 0 Å². The van der Waals surface area contributed by atoms with Crippen LogP contribution in [0.2, 0.25) is 0 Å². The Balaban J connectivity index is 0.00000264. The van der Waals surface area contributed by atoms with Crippen molar-refractivity contribution in [1.82, 2.24) is 15.1 Å². The van der Waals surface area contributed by atoms with Crippen molar-refractivity contribution in [1.29, 1.82) is 0 Å². The molecule has 0 amide bonds. The van der Waals surface area contributed by atoms with E-state index in [9.17, 15) is 0 Å². The number of rotatable bonds is 6. The Kier molecular flexibility index (Phi) is 8.85. The zero-order valence-electron chi connectivity index (χ0n) is 14.4. The summed E-state index contributed by atoms with van der Waals surface area (Å²) in [4.78, 5) is 9.02. The maximum atomic E-state index is 4.40. The molecule has 130 valence electrons. The predicted octanol–water partition coefficient (Wildman–Crippen LogP) is 3.56. The largest absolute Gasteiger partial charge is 0.355 e. The van der Waals surface area contributed by atoms with E-state index in [1.807, 2.05) is 7.05 Å². The van der Waals surface area contributed by atoms with Crippen LogP contribution in [0.5, 0.6) is 0 Å². The number of nitrogens with zero attached hydrogens (tertiary/aromatic N) is 3. The summed E-state index contributed by atoms with van der Waals surface area (Å²) in [5, 5.41) is 3.49. The lowest BCUT2D eigenvalue weighted by Crippen LogP contribution is -2.45. The van der Waals surface area contributed by atoms with Gasteiger partial charge in [-0.3, -0.25) is 9.89 Å². The summed E-state index contributed by atoms with van der Waals surface area (Å²) in [7, 11) is 6.14. The van der Waals surface area contributed by atoms with Gasteiger partial charge in [0.2, 0.25) is 0 Å². The van der Waals surface area contributed by atoms with Gasteiger partial charge in [-0.25, -0.2) is 0 Å². The second-order valence-electron chi connectivity index (χ2n) is 6.16. The highest BCUT2D eigenvalue weighted by Gasteiger charge is 2.29. The number of nitrogens with one attached hydrogen (secondary N) is 1. The second-order valence-corrected chi connectivity index (χ2v) is 7.07. The van der Waals surface area contributed by atoms with Crippen molar-refractivity contribution >= 4 is 45.9 Å². The van der Waals surface area contributed by atoms with Crippen LogP contribution in [0.4, 0.5) is 0 Å². The zero-order chi connectivity index (χ0) is 16.1. The maximum Gasteiger partial charge on any atom is 0.193 e. The lowest BCUT2D eigenvalue weighted by Gasteiger charge is -2.28. The monoisotopic (exact) mass is 494 g/mol. The number of aliphatic imine (C=N–C) groups is 1. The molecule has 1 aliphatic carbocycles. The van der Waals surface area contributed by atoms with E-state index in [1.54, 1.807) is 0 Å². The van der Waals surface area contributed by atoms with E-state index >= 15 is 0 Å². The third-order valence-electron chi connectivity index (χ3n) is 4.28. The topological polar surface area (TPSA) is 30.9 Å². The minimum Gasteiger partial charge on any atom is -0.355 e. The number of guanidine groups is 1. The molecule has 23 heavy (non-hydrogen) atoms. The van der Waals surface area contributed by atoms with E-state index in [4.69, 9.17) is 0 Å². The predicted molar refractivity (Wildman–Crippen MR) is 113 cm³/mol. The first-order valence-corrected chi connectivity index (χ1v) is 8.68. The fraction of sp³-hybridized carbons (Fsp3) is 0.588. The highest BCUT2D eigenvalue weighted by atomic mass is 127. The average Bonchev–Trinajstić information content (AvgIpc) is 3.34. The Morgan fingerprint density at radius 1 is 1.30 bits per heavy atom. The fourth-order valence-corrected chi connectivity index (χ4v) is 2.81.